The van der Waals surface area contributed by atoms with Crippen LogP contribution in [0.1, 0.15) is 34.6 Å². The second-order valence-corrected chi connectivity index (χ2v) is 6.42. The molecule has 0 spiro atoms. The highest BCUT2D eigenvalue weighted by molar-refractivity contribution is 8.77. The molecular formula is C9H18S2. The molecule has 11 heavy (non-hydrogen) atoms. The summed E-state index contributed by atoms with van der Waals surface area (Å²) in [6.45, 7) is 11.0. The summed E-state index contributed by atoms with van der Waals surface area (Å²) < 4.78 is 0. The fourth-order valence-electron chi connectivity index (χ4n) is 0.696. The van der Waals surface area contributed by atoms with Crippen molar-refractivity contribution in [3.63, 3.8) is 0 Å². The summed E-state index contributed by atoms with van der Waals surface area (Å²) in [7, 11) is 3.91. The molecule has 2 heteroatoms. The molecule has 0 N–H and O–H groups in total. The Kier molecular flexibility index (Phi) is 6.25. The number of hydrogen-bond acceptors (Lipinski definition) is 2. The van der Waals surface area contributed by atoms with Gasteiger partial charge in [0.25, 0.3) is 0 Å². The fourth-order valence-corrected chi connectivity index (χ4v) is 2.78. The Hall–Kier alpha value is 0.440. The van der Waals surface area contributed by atoms with Gasteiger partial charge in [0.1, 0.15) is 0 Å². The molecule has 0 aromatic rings. The molecule has 0 bridgehead atoms. The zero-order chi connectivity index (χ0) is 8.85. The molecule has 1 unspecified atom stereocenters. The third-order valence-corrected chi connectivity index (χ3v) is 4.30. The van der Waals surface area contributed by atoms with Crippen LogP contribution in [0.4, 0.5) is 0 Å². The minimum Gasteiger partial charge on any atom is -0.0907 e. The Morgan fingerprint density at radius 2 is 1.64 bits per heavy atom. The lowest BCUT2D eigenvalue weighted by molar-refractivity contribution is 1.12. The molecule has 0 radical (unpaired) electrons. The van der Waals surface area contributed by atoms with Gasteiger partial charge in [-0.15, -0.1) is 0 Å². The van der Waals surface area contributed by atoms with Crippen LogP contribution < -0.4 is 0 Å². The molecule has 0 nitrogen and oxygen atoms in total. The maximum Gasteiger partial charge on any atom is 0.0305 e. The first-order chi connectivity index (χ1) is 5.02. The quantitative estimate of drug-likeness (QED) is 0.483. The predicted molar refractivity (Wildman–Crippen MR) is 59.2 cm³/mol. The molecule has 0 saturated carbocycles. The largest absolute Gasteiger partial charge is 0.0907 e. The SMILES string of the molecule is CC(C)=CC(C)SSC(C)C. The van der Waals surface area contributed by atoms with Gasteiger partial charge in [0.2, 0.25) is 0 Å². The highest BCUT2D eigenvalue weighted by Crippen LogP contribution is 2.31. The van der Waals surface area contributed by atoms with E-state index in [4.69, 9.17) is 0 Å². The predicted octanol–water partition coefficient (Wildman–Crippen LogP) is 4.13. The van der Waals surface area contributed by atoms with Crippen molar-refractivity contribution >= 4 is 21.6 Å². The second-order valence-electron chi connectivity index (χ2n) is 3.19. The van der Waals surface area contributed by atoms with E-state index in [0.29, 0.717) is 5.25 Å². The van der Waals surface area contributed by atoms with E-state index in [1.807, 2.05) is 21.6 Å². The summed E-state index contributed by atoms with van der Waals surface area (Å²) in [6, 6.07) is 0. The molecule has 0 saturated heterocycles. The summed E-state index contributed by atoms with van der Waals surface area (Å²) in [5.74, 6) is 0. The standard InChI is InChI=1S/C9H18S2/c1-7(2)6-9(5)11-10-8(3)4/h6,8-9H,1-5H3. The van der Waals surface area contributed by atoms with Crippen molar-refractivity contribution in [3.05, 3.63) is 11.6 Å². The number of allylic oxidation sites excluding steroid dienone is 1. The molecule has 0 heterocycles. The second kappa shape index (κ2) is 6.01. The molecule has 0 aliphatic heterocycles. The Balaban J connectivity index is 3.53. The van der Waals surface area contributed by atoms with Gasteiger partial charge >= 0.3 is 0 Å². The third-order valence-electron chi connectivity index (χ3n) is 0.968. The van der Waals surface area contributed by atoms with Gasteiger partial charge in [0.15, 0.2) is 0 Å². The first kappa shape index (κ1) is 11.4. The fraction of sp³-hybridized carbons (Fsp3) is 0.778. The van der Waals surface area contributed by atoms with Crippen LogP contribution in [0, 0.1) is 0 Å². The van der Waals surface area contributed by atoms with Crippen LogP contribution in [0.3, 0.4) is 0 Å². The minimum atomic E-state index is 0.646. The molecule has 0 amide bonds. The molecule has 0 fully saturated rings. The number of rotatable bonds is 4. The summed E-state index contributed by atoms with van der Waals surface area (Å²) in [5, 5.41) is 1.38. The molecule has 0 aromatic carbocycles. The lowest BCUT2D eigenvalue weighted by Crippen LogP contribution is -1.90. The summed E-state index contributed by atoms with van der Waals surface area (Å²) in [4.78, 5) is 0. The first-order valence-corrected chi connectivity index (χ1v) is 6.27. The average Bonchev–Trinajstić information content (AvgIpc) is 1.82. The van der Waals surface area contributed by atoms with E-state index in [0.717, 1.165) is 5.25 Å². The average molecular weight is 190 g/mol. The molecule has 1 atom stereocenters. The van der Waals surface area contributed by atoms with E-state index >= 15 is 0 Å². The van der Waals surface area contributed by atoms with Crippen LogP contribution >= 0.6 is 21.6 Å². The van der Waals surface area contributed by atoms with Gasteiger partial charge in [0, 0.05) is 10.5 Å². The third kappa shape index (κ3) is 8.35. The highest BCUT2D eigenvalue weighted by atomic mass is 33.1. The van der Waals surface area contributed by atoms with E-state index < -0.39 is 0 Å². The normalized spacial score (nSPS) is 13.3. The van der Waals surface area contributed by atoms with Gasteiger partial charge in [0.05, 0.1) is 0 Å². The van der Waals surface area contributed by atoms with E-state index in [-0.39, 0.29) is 0 Å². The molecule has 0 aliphatic rings. The zero-order valence-corrected chi connectivity index (χ0v) is 9.68. The number of hydrogen-bond donors (Lipinski definition) is 0. The van der Waals surface area contributed by atoms with Crippen molar-refractivity contribution < 1.29 is 0 Å². The van der Waals surface area contributed by atoms with E-state index in [9.17, 15) is 0 Å². The summed E-state index contributed by atoms with van der Waals surface area (Å²) >= 11 is 0. The Labute approximate surface area is 78.6 Å². The van der Waals surface area contributed by atoms with Crippen molar-refractivity contribution in [2.45, 2.75) is 45.1 Å². The van der Waals surface area contributed by atoms with Crippen LogP contribution in [0.15, 0.2) is 11.6 Å². The highest BCUT2D eigenvalue weighted by Gasteiger charge is 2.00. The van der Waals surface area contributed by atoms with Crippen molar-refractivity contribution in [2.75, 3.05) is 0 Å². The molecule has 66 valence electrons. The van der Waals surface area contributed by atoms with Crippen molar-refractivity contribution in [3.8, 4) is 0 Å². The Bertz CT molecular complexity index is 124. The van der Waals surface area contributed by atoms with Crippen molar-refractivity contribution in [1.82, 2.24) is 0 Å². The molecule has 0 aromatic heterocycles. The minimum absolute atomic E-state index is 0.646. The smallest absolute Gasteiger partial charge is 0.0305 e. The molecular weight excluding hydrogens is 172 g/mol. The monoisotopic (exact) mass is 190 g/mol. The summed E-state index contributed by atoms with van der Waals surface area (Å²) in [6.07, 6.45) is 2.31. The maximum atomic E-state index is 2.31. The zero-order valence-electron chi connectivity index (χ0n) is 8.05. The van der Waals surface area contributed by atoms with Crippen LogP contribution in [0.2, 0.25) is 0 Å². The first-order valence-electron chi connectivity index (χ1n) is 3.99. The van der Waals surface area contributed by atoms with Crippen LogP contribution in [0.5, 0.6) is 0 Å². The van der Waals surface area contributed by atoms with E-state index in [2.05, 4.69) is 40.7 Å². The van der Waals surface area contributed by atoms with Crippen molar-refractivity contribution in [1.29, 1.82) is 0 Å². The Morgan fingerprint density at radius 1 is 1.09 bits per heavy atom. The lowest BCUT2D eigenvalue weighted by Gasteiger charge is -2.07. The van der Waals surface area contributed by atoms with Gasteiger partial charge in [-0.3, -0.25) is 0 Å². The van der Waals surface area contributed by atoms with Gasteiger partial charge in [-0.05, 0) is 20.8 Å². The Morgan fingerprint density at radius 3 is 2.00 bits per heavy atom. The van der Waals surface area contributed by atoms with E-state index in [1.54, 1.807) is 0 Å². The van der Waals surface area contributed by atoms with Gasteiger partial charge in [-0.1, -0.05) is 47.1 Å². The summed E-state index contributed by atoms with van der Waals surface area (Å²) in [5.41, 5.74) is 1.41. The van der Waals surface area contributed by atoms with Crippen LogP contribution in [0.25, 0.3) is 0 Å². The van der Waals surface area contributed by atoms with Crippen LogP contribution in [-0.4, -0.2) is 10.5 Å². The van der Waals surface area contributed by atoms with E-state index in [1.165, 1.54) is 5.57 Å². The van der Waals surface area contributed by atoms with Crippen LogP contribution in [-0.2, 0) is 0 Å². The molecule has 0 aliphatic carbocycles. The lowest BCUT2D eigenvalue weighted by atomic mass is 10.3. The maximum absolute atomic E-state index is 2.31. The van der Waals surface area contributed by atoms with Crippen molar-refractivity contribution in [2.24, 2.45) is 0 Å². The molecule has 0 rings (SSSR count). The van der Waals surface area contributed by atoms with Gasteiger partial charge < -0.3 is 0 Å². The topological polar surface area (TPSA) is 0 Å². The van der Waals surface area contributed by atoms with Gasteiger partial charge in [-0.2, -0.15) is 0 Å². The van der Waals surface area contributed by atoms with Gasteiger partial charge in [-0.25, -0.2) is 0 Å².